The molecule has 0 aromatic rings. The highest BCUT2D eigenvalue weighted by Crippen LogP contribution is 2.40. The lowest BCUT2D eigenvalue weighted by Crippen LogP contribution is -2.19. The van der Waals surface area contributed by atoms with Crippen LogP contribution in [0.5, 0.6) is 0 Å². The number of rotatable bonds is 5. The smallest absolute Gasteiger partial charge is 0.248 e. The van der Waals surface area contributed by atoms with Gasteiger partial charge >= 0.3 is 11.9 Å². The molecule has 4 heteroatoms. The van der Waals surface area contributed by atoms with Crippen LogP contribution in [0.15, 0.2) is 58.7 Å². The van der Waals surface area contributed by atoms with Gasteiger partial charge < -0.3 is 0 Å². The lowest BCUT2D eigenvalue weighted by atomic mass is 9.72. The van der Waals surface area contributed by atoms with Gasteiger partial charge in [0.25, 0.3) is 0 Å². The fourth-order valence-electron chi connectivity index (χ4n) is 2.99. The van der Waals surface area contributed by atoms with Crippen LogP contribution in [0.25, 0.3) is 0 Å². The molecule has 0 bridgehead atoms. The van der Waals surface area contributed by atoms with E-state index in [2.05, 4.69) is 42.7 Å². The van der Waals surface area contributed by atoms with Crippen molar-refractivity contribution in [3.63, 3.8) is 0 Å². The monoisotopic (exact) mass is 358 g/mol. The summed E-state index contributed by atoms with van der Waals surface area (Å²) in [5.74, 6) is -1.39. The van der Waals surface area contributed by atoms with Crippen molar-refractivity contribution in [2.24, 2.45) is 5.41 Å². The van der Waals surface area contributed by atoms with Gasteiger partial charge in [0.15, 0.2) is 0 Å². The highest BCUT2D eigenvalue weighted by molar-refractivity contribution is 5.83. The van der Waals surface area contributed by atoms with Gasteiger partial charge in [-0.2, -0.15) is 0 Å². The third-order valence-corrected chi connectivity index (χ3v) is 4.36. The number of hydrogen-bond donors (Lipinski definition) is 0. The Morgan fingerprint density at radius 1 is 1.04 bits per heavy atom. The molecule has 142 valence electrons. The lowest BCUT2D eigenvalue weighted by Gasteiger charge is -2.32. The molecule has 0 saturated heterocycles. The summed E-state index contributed by atoms with van der Waals surface area (Å²) in [6.07, 6.45) is 14.9. The van der Waals surface area contributed by atoms with E-state index in [1.54, 1.807) is 13.0 Å². The Balaban J connectivity index is 2.69. The van der Waals surface area contributed by atoms with Crippen molar-refractivity contribution in [1.82, 2.24) is 0 Å². The normalized spacial score (nSPS) is 18.5. The molecule has 0 N–H and O–H groups in total. The van der Waals surface area contributed by atoms with Gasteiger partial charge in [0.2, 0.25) is 0 Å². The fraction of sp³-hybridized carbons (Fsp3) is 0.455. The minimum Gasteiger partial charge on any atom is -0.248 e. The molecule has 0 radical (unpaired) electrons. The Hall–Kier alpha value is -2.36. The van der Waals surface area contributed by atoms with E-state index in [0.29, 0.717) is 5.57 Å². The Labute approximate surface area is 156 Å². The second-order valence-electron chi connectivity index (χ2n) is 7.40. The predicted octanol–water partition coefficient (Wildman–Crippen LogP) is 5.54. The first-order valence-electron chi connectivity index (χ1n) is 8.92. The van der Waals surface area contributed by atoms with Crippen LogP contribution in [0.3, 0.4) is 0 Å². The zero-order chi connectivity index (χ0) is 19.7. The Kier molecular flexibility index (Phi) is 8.30. The minimum absolute atomic E-state index is 0.233. The topological polar surface area (TPSA) is 52.6 Å². The third kappa shape index (κ3) is 7.68. The maximum Gasteiger partial charge on any atom is 0.379 e. The average Bonchev–Trinajstić information content (AvgIpc) is 2.51. The molecule has 0 heterocycles. The molecule has 0 unspecified atom stereocenters. The third-order valence-electron chi connectivity index (χ3n) is 4.36. The van der Waals surface area contributed by atoms with Crippen LogP contribution in [0, 0.1) is 5.41 Å². The molecular weight excluding hydrogens is 328 g/mol. The van der Waals surface area contributed by atoms with E-state index in [0.717, 1.165) is 12.5 Å². The largest absolute Gasteiger partial charge is 0.379 e. The van der Waals surface area contributed by atoms with Gasteiger partial charge in [-0.15, -0.1) is 0 Å². The van der Waals surface area contributed by atoms with E-state index in [-0.39, 0.29) is 5.41 Å². The van der Waals surface area contributed by atoms with Gasteiger partial charge in [0.05, 0.1) is 0 Å². The molecule has 1 rings (SSSR count). The Morgan fingerprint density at radius 2 is 1.73 bits per heavy atom. The van der Waals surface area contributed by atoms with Crippen LogP contribution in [-0.4, -0.2) is 11.9 Å². The van der Waals surface area contributed by atoms with Crippen LogP contribution in [0.4, 0.5) is 0 Å². The SMILES string of the molecule is CC(=O)OOC(=O)/C=C(C)/C=C/C=C(C)/C=C/C1=C(C)CCCC1(C)C. The van der Waals surface area contributed by atoms with Gasteiger partial charge in [-0.1, -0.05) is 55.4 Å². The fourth-order valence-corrected chi connectivity index (χ4v) is 2.99. The van der Waals surface area contributed by atoms with E-state index >= 15 is 0 Å². The summed E-state index contributed by atoms with van der Waals surface area (Å²) >= 11 is 0. The highest BCUT2D eigenvalue weighted by Gasteiger charge is 2.26. The first-order valence-corrected chi connectivity index (χ1v) is 8.92. The van der Waals surface area contributed by atoms with E-state index < -0.39 is 11.9 Å². The van der Waals surface area contributed by atoms with Gasteiger partial charge in [-0.05, 0) is 56.6 Å². The molecule has 0 aliphatic heterocycles. The van der Waals surface area contributed by atoms with Crippen molar-refractivity contribution in [3.05, 3.63) is 58.7 Å². The maximum absolute atomic E-state index is 11.4. The summed E-state index contributed by atoms with van der Waals surface area (Å²) in [4.78, 5) is 30.4. The van der Waals surface area contributed by atoms with E-state index in [1.165, 1.54) is 36.5 Å². The first kappa shape index (κ1) is 21.7. The van der Waals surface area contributed by atoms with Crippen molar-refractivity contribution in [2.75, 3.05) is 0 Å². The Morgan fingerprint density at radius 3 is 2.35 bits per heavy atom. The highest BCUT2D eigenvalue weighted by atomic mass is 17.2. The van der Waals surface area contributed by atoms with Gasteiger partial charge in [-0.25, -0.2) is 19.4 Å². The van der Waals surface area contributed by atoms with Gasteiger partial charge in [0.1, 0.15) is 0 Å². The molecule has 0 aromatic carbocycles. The zero-order valence-corrected chi connectivity index (χ0v) is 16.7. The molecule has 0 spiro atoms. The molecule has 0 amide bonds. The molecular formula is C22H30O4. The summed E-state index contributed by atoms with van der Waals surface area (Å²) in [7, 11) is 0. The molecule has 26 heavy (non-hydrogen) atoms. The Bertz CT molecular complexity index is 685. The number of carbonyl (C=O) groups excluding carboxylic acids is 2. The summed E-state index contributed by atoms with van der Waals surface area (Å²) in [5.41, 5.74) is 4.97. The summed E-state index contributed by atoms with van der Waals surface area (Å²) < 4.78 is 0. The summed E-state index contributed by atoms with van der Waals surface area (Å²) in [6.45, 7) is 11.8. The van der Waals surface area contributed by atoms with Crippen LogP contribution < -0.4 is 0 Å². The van der Waals surface area contributed by atoms with E-state index in [4.69, 9.17) is 0 Å². The molecule has 0 atom stereocenters. The van der Waals surface area contributed by atoms with Gasteiger partial charge in [0, 0.05) is 13.0 Å². The standard InChI is InChI=1S/C22H30O4/c1-16(12-13-20-18(3)11-8-14-22(20,5)6)9-7-10-17(2)15-21(24)26-25-19(4)23/h7,9-10,12-13,15H,8,11,14H2,1-6H3/b10-7+,13-12+,16-9+,17-15+. The summed E-state index contributed by atoms with van der Waals surface area (Å²) in [6, 6.07) is 0. The number of allylic oxidation sites excluding steroid dienone is 9. The lowest BCUT2D eigenvalue weighted by molar-refractivity contribution is -0.253. The predicted molar refractivity (Wildman–Crippen MR) is 104 cm³/mol. The summed E-state index contributed by atoms with van der Waals surface area (Å²) in [5, 5.41) is 0. The van der Waals surface area contributed by atoms with Crippen LogP contribution in [0.2, 0.25) is 0 Å². The molecule has 1 aliphatic carbocycles. The number of carbonyl (C=O) groups is 2. The molecule has 4 nitrogen and oxygen atoms in total. The second-order valence-corrected chi connectivity index (χ2v) is 7.40. The quantitative estimate of drug-likeness (QED) is 0.280. The molecule has 0 saturated carbocycles. The van der Waals surface area contributed by atoms with Crippen molar-refractivity contribution in [1.29, 1.82) is 0 Å². The van der Waals surface area contributed by atoms with Gasteiger partial charge in [-0.3, -0.25) is 0 Å². The first-order chi connectivity index (χ1) is 12.1. The van der Waals surface area contributed by atoms with Crippen molar-refractivity contribution >= 4 is 11.9 Å². The van der Waals surface area contributed by atoms with E-state index in [9.17, 15) is 9.59 Å². The average molecular weight is 358 g/mol. The van der Waals surface area contributed by atoms with Crippen molar-refractivity contribution in [2.45, 2.75) is 60.8 Å². The molecule has 1 aliphatic rings. The molecule has 0 aromatic heterocycles. The van der Waals surface area contributed by atoms with Crippen molar-refractivity contribution in [3.8, 4) is 0 Å². The zero-order valence-electron chi connectivity index (χ0n) is 16.7. The minimum atomic E-state index is -0.718. The van der Waals surface area contributed by atoms with Crippen LogP contribution in [0.1, 0.15) is 60.8 Å². The maximum atomic E-state index is 11.4. The number of hydrogen-bond acceptors (Lipinski definition) is 4. The van der Waals surface area contributed by atoms with Crippen LogP contribution >= 0.6 is 0 Å². The molecule has 0 fully saturated rings. The van der Waals surface area contributed by atoms with E-state index in [1.807, 2.05) is 19.1 Å². The second kappa shape index (κ2) is 9.95. The van der Waals surface area contributed by atoms with Crippen molar-refractivity contribution < 1.29 is 19.4 Å². The van der Waals surface area contributed by atoms with Crippen LogP contribution in [-0.2, 0) is 19.4 Å².